The molecule has 0 saturated heterocycles. The maximum Gasteiger partial charge on any atom is 0.223 e. The third-order valence-corrected chi connectivity index (χ3v) is 5.46. The van der Waals surface area contributed by atoms with E-state index < -0.39 is 15.3 Å². The summed E-state index contributed by atoms with van der Waals surface area (Å²) in [6, 6.07) is 7.72. The number of benzene rings is 1. The molecule has 6 heteroatoms. The minimum atomic E-state index is -3.48. The van der Waals surface area contributed by atoms with E-state index in [4.69, 9.17) is 18.0 Å². The quantitative estimate of drug-likeness (QED) is 0.832. The van der Waals surface area contributed by atoms with Gasteiger partial charge in [0.15, 0.2) is 0 Å². The van der Waals surface area contributed by atoms with E-state index in [0.717, 1.165) is 11.1 Å². The minimum Gasteiger partial charge on any atom is -0.392 e. The number of aryl methyl sites for hydroxylation is 1. The van der Waals surface area contributed by atoms with Gasteiger partial charge in [-0.2, -0.15) is 0 Å². The third kappa shape index (κ3) is 3.51. The van der Waals surface area contributed by atoms with E-state index in [-0.39, 0.29) is 4.99 Å². The van der Waals surface area contributed by atoms with Crippen LogP contribution in [0.4, 0.5) is 0 Å². The summed E-state index contributed by atoms with van der Waals surface area (Å²) in [5, 5.41) is -0.844. The number of sulfonamides is 1. The van der Waals surface area contributed by atoms with E-state index in [1.165, 1.54) is 18.3 Å². The highest BCUT2D eigenvalue weighted by Gasteiger charge is 2.27. The summed E-state index contributed by atoms with van der Waals surface area (Å²) in [4.78, 5) is -0.00856. The van der Waals surface area contributed by atoms with Crippen LogP contribution in [0.5, 0.6) is 0 Å². The molecule has 0 aliphatic heterocycles. The lowest BCUT2D eigenvalue weighted by molar-refractivity contribution is 0.464. The van der Waals surface area contributed by atoms with Gasteiger partial charge in [0.05, 0.1) is 4.99 Å². The Labute approximate surface area is 114 Å². The van der Waals surface area contributed by atoms with Crippen LogP contribution in [0.15, 0.2) is 24.3 Å². The molecule has 0 heterocycles. The van der Waals surface area contributed by atoms with Crippen molar-refractivity contribution in [2.45, 2.75) is 25.6 Å². The molecule has 1 aromatic rings. The summed E-state index contributed by atoms with van der Waals surface area (Å²) < 4.78 is 25.5. The summed E-state index contributed by atoms with van der Waals surface area (Å²) in [6.45, 7) is 3.80. The van der Waals surface area contributed by atoms with Crippen molar-refractivity contribution in [3.05, 3.63) is 35.4 Å². The van der Waals surface area contributed by atoms with E-state index >= 15 is 0 Å². The molecule has 4 nitrogen and oxygen atoms in total. The van der Waals surface area contributed by atoms with Crippen molar-refractivity contribution in [3.63, 3.8) is 0 Å². The maximum atomic E-state index is 12.1. The molecule has 0 amide bonds. The zero-order valence-electron chi connectivity index (χ0n) is 10.8. The SMILES string of the molecule is Cc1ccc(CN(C)S(=O)(=O)C(C)C(N)=S)cc1. The van der Waals surface area contributed by atoms with E-state index in [0.29, 0.717) is 6.54 Å². The molecule has 1 atom stereocenters. The van der Waals surface area contributed by atoms with Crippen molar-refractivity contribution in [1.29, 1.82) is 0 Å². The monoisotopic (exact) mass is 286 g/mol. The van der Waals surface area contributed by atoms with Crippen molar-refractivity contribution in [1.82, 2.24) is 4.31 Å². The molecule has 1 unspecified atom stereocenters. The van der Waals surface area contributed by atoms with Crippen molar-refractivity contribution < 1.29 is 8.42 Å². The summed E-state index contributed by atoms with van der Waals surface area (Å²) in [5.74, 6) is 0. The molecule has 18 heavy (non-hydrogen) atoms. The van der Waals surface area contributed by atoms with Crippen LogP contribution in [-0.2, 0) is 16.6 Å². The molecule has 0 aliphatic rings. The smallest absolute Gasteiger partial charge is 0.223 e. The lowest BCUT2D eigenvalue weighted by Crippen LogP contribution is -2.40. The van der Waals surface area contributed by atoms with Gasteiger partial charge in [0.25, 0.3) is 0 Å². The van der Waals surface area contributed by atoms with Crippen LogP contribution >= 0.6 is 12.2 Å². The fourth-order valence-electron chi connectivity index (χ4n) is 1.46. The normalized spacial score (nSPS) is 13.6. The highest BCUT2D eigenvalue weighted by Crippen LogP contribution is 2.12. The number of nitrogens with zero attached hydrogens (tertiary/aromatic N) is 1. The van der Waals surface area contributed by atoms with Crippen LogP contribution in [0.2, 0.25) is 0 Å². The molecule has 2 N–H and O–H groups in total. The van der Waals surface area contributed by atoms with Gasteiger partial charge >= 0.3 is 0 Å². The average molecular weight is 286 g/mol. The second-order valence-electron chi connectivity index (χ2n) is 4.33. The van der Waals surface area contributed by atoms with Gasteiger partial charge in [-0.15, -0.1) is 0 Å². The summed E-state index contributed by atoms with van der Waals surface area (Å²) in [7, 11) is -1.95. The molecule has 0 radical (unpaired) electrons. The number of thiocarbonyl (C=S) groups is 1. The van der Waals surface area contributed by atoms with Crippen molar-refractivity contribution in [3.8, 4) is 0 Å². The van der Waals surface area contributed by atoms with Crippen LogP contribution < -0.4 is 5.73 Å². The van der Waals surface area contributed by atoms with Crippen molar-refractivity contribution in [2.75, 3.05) is 7.05 Å². The van der Waals surface area contributed by atoms with Crippen LogP contribution in [-0.4, -0.2) is 30.0 Å². The standard InChI is InChI=1S/C12H18N2O2S2/c1-9-4-6-11(7-5-9)8-14(3)18(15,16)10(2)12(13)17/h4-7,10H,8H2,1-3H3,(H2,13,17). The second-order valence-corrected chi connectivity index (χ2v) is 7.16. The lowest BCUT2D eigenvalue weighted by atomic mass is 10.1. The topological polar surface area (TPSA) is 63.4 Å². The fraction of sp³-hybridized carbons (Fsp3) is 0.417. The summed E-state index contributed by atoms with van der Waals surface area (Å²) in [6.07, 6.45) is 0. The van der Waals surface area contributed by atoms with Gasteiger partial charge in [-0.25, -0.2) is 12.7 Å². The zero-order valence-corrected chi connectivity index (χ0v) is 12.4. The third-order valence-electron chi connectivity index (χ3n) is 2.81. The first-order valence-corrected chi connectivity index (χ1v) is 7.46. The van der Waals surface area contributed by atoms with Gasteiger partial charge in [0.2, 0.25) is 10.0 Å². The highest BCUT2D eigenvalue weighted by molar-refractivity contribution is 7.92. The number of nitrogens with two attached hydrogens (primary N) is 1. The van der Waals surface area contributed by atoms with Gasteiger partial charge in [-0.1, -0.05) is 42.0 Å². The lowest BCUT2D eigenvalue weighted by Gasteiger charge is -2.21. The Morgan fingerprint density at radius 2 is 1.89 bits per heavy atom. The van der Waals surface area contributed by atoms with E-state index in [1.807, 2.05) is 31.2 Å². The molecule has 0 fully saturated rings. The van der Waals surface area contributed by atoms with Gasteiger partial charge in [-0.3, -0.25) is 0 Å². The number of hydrogen-bond donors (Lipinski definition) is 1. The molecular weight excluding hydrogens is 268 g/mol. The maximum absolute atomic E-state index is 12.1. The van der Waals surface area contributed by atoms with Crippen molar-refractivity contribution in [2.24, 2.45) is 5.73 Å². The zero-order chi connectivity index (χ0) is 13.9. The van der Waals surface area contributed by atoms with Gasteiger partial charge in [0.1, 0.15) is 5.25 Å². The Morgan fingerprint density at radius 1 is 1.39 bits per heavy atom. The van der Waals surface area contributed by atoms with Crippen LogP contribution in [0, 0.1) is 6.92 Å². The summed E-state index contributed by atoms with van der Waals surface area (Å²) >= 11 is 4.74. The fourth-order valence-corrected chi connectivity index (χ4v) is 2.98. The number of rotatable bonds is 5. The van der Waals surface area contributed by atoms with E-state index in [2.05, 4.69) is 0 Å². The van der Waals surface area contributed by atoms with E-state index in [9.17, 15) is 8.42 Å². The molecular formula is C12H18N2O2S2. The Kier molecular flexibility index (Phi) is 4.84. The molecule has 0 bridgehead atoms. The Balaban J connectivity index is 2.85. The van der Waals surface area contributed by atoms with Crippen molar-refractivity contribution >= 4 is 27.2 Å². The molecule has 0 spiro atoms. The first-order valence-electron chi connectivity index (χ1n) is 5.55. The molecule has 100 valence electrons. The molecule has 1 rings (SSSR count). The predicted molar refractivity (Wildman–Crippen MR) is 77.8 cm³/mol. The van der Waals surface area contributed by atoms with Gasteiger partial charge in [0, 0.05) is 13.6 Å². The van der Waals surface area contributed by atoms with Gasteiger partial charge < -0.3 is 5.73 Å². The molecule has 0 saturated carbocycles. The molecule has 0 aromatic heterocycles. The average Bonchev–Trinajstić information content (AvgIpc) is 2.30. The van der Waals surface area contributed by atoms with E-state index in [1.54, 1.807) is 0 Å². The molecule has 0 aliphatic carbocycles. The first-order chi connectivity index (χ1) is 8.25. The highest BCUT2D eigenvalue weighted by atomic mass is 32.2. The van der Waals surface area contributed by atoms with Crippen LogP contribution in [0.1, 0.15) is 18.1 Å². The minimum absolute atomic E-state index is 0.00856. The second kappa shape index (κ2) is 5.77. The number of hydrogen-bond acceptors (Lipinski definition) is 3. The Hall–Kier alpha value is -0.980. The Morgan fingerprint density at radius 3 is 2.33 bits per heavy atom. The van der Waals surface area contributed by atoms with Gasteiger partial charge in [-0.05, 0) is 19.4 Å². The molecule has 1 aromatic carbocycles. The Bertz CT molecular complexity index is 524. The largest absolute Gasteiger partial charge is 0.392 e. The summed E-state index contributed by atoms with van der Waals surface area (Å²) in [5.41, 5.74) is 7.47. The van der Waals surface area contributed by atoms with Crippen LogP contribution in [0.3, 0.4) is 0 Å². The van der Waals surface area contributed by atoms with Crippen LogP contribution in [0.25, 0.3) is 0 Å². The first kappa shape index (κ1) is 15.1. The predicted octanol–water partition coefficient (Wildman–Crippen LogP) is 1.43.